The summed E-state index contributed by atoms with van der Waals surface area (Å²) < 4.78 is 1.83. The topological polar surface area (TPSA) is 63.1 Å². The Labute approximate surface area is 146 Å². The molecule has 1 saturated heterocycles. The van der Waals surface area contributed by atoms with E-state index in [1.54, 1.807) is 11.3 Å². The molecule has 2 aromatic heterocycles. The third-order valence-corrected chi connectivity index (χ3v) is 5.39. The molecule has 1 fully saturated rings. The molecule has 1 unspecified atom stereocenters. The summed E-state index contributed by atoms with van der Waals surface area (Å²) in [7, 11) is 1.94. The summed E-state index contributed by atoms with van der Waals surface area (Å²) in [5.74, 6) is 0.540. The van der Waals surface area contributed by atoms with Gasteiger partial charge in [0.1, 0.15) is 0 Å². The van der Waals surface area contributed by atoms with E-state index in [1.165, 1.54) is 5.56 Å². The number of rotatable bonds is 6. The first kappa shape index (κ1) is 17.0. The van der Waals surface area contributed by atoms with E-state index in [9.17, 15) is 4.79 Å². The summed E-state index contributed by atoms with van der Waals surface area (Å²) in [6.07, 6.45) is 7.92. The van der Waals surface area contributed by atoms with E-state index >= 15 is 0 Å². The number of hydrogen-bond acceptors (Lipinski definition) is 4. The Hall–Kier alpha value is -1.89. The lowest BCUT2D eigenvalue weighted by atomic mass is 10.0. The molecule has 0 radical (unpaired) electrons. The van der Waals surface area contributed by atoms with Gasteiger partial charge in [-0.15, -0.1) is 11.3 Å². The molecule has 0 aromatic carbocycles. The number of hydrogen-bond donors (Lipinski definition) is 1. The van der Waals surface area contributed by atoms with Crippen molar-refractivity contribution in [1.82, 2.24) is 25.0 Å². The number of amides is 2. The van der Waals surface area contributed by atoms with Gasteiger partial charge in [-0.1, -0.05) is 0 Å². The summed E-state index contributed by atoms with van der Waals surface area (Å²) >= 11 is 1.70. The van der Waals surface area contributed by atoms with Crippen molar-refractivity contribution in [2.45, 2.75) is 32.6 Å². The highest BCUT2D eigenvalue weighted by molar-refractivity contribution is 7.09. The van der Waals surface area contributed by atoms with E-state index in [4.69, 9.17) is 0 Å². The lowest BCUT2D eigenvalue weighted by Gasteiger charge is -2.17. The minimum atomic E-state index is 0.0685. The molecule has 1 N–H and O–H groups in total. The predicted molar refractivity (Wildman–Crippen MR) is 95.2 cm³/mol. The smallest absolute Gasteiger partial charge is 0.317 e. The number of likely N-dealkylation sites (tertiary alicyclic amines) is 1. The average Bonchev–Trinajstić information content (AvgIpc) is 3.27. The van der Waals surface area contributed by atoms with Crippen LogP contribution in [-0.2, 0) is 19.9 Å². The zero-order valence-corrected chi connectivity index (χ0v) is 15.2. The second kappa shape index (κ2) is 7.79. The Balaban J connectivity index is 1.35. The predicted octanol–water partition coefficient (Wildman–Crippen LogP) is 2.39. The Morgan fingerprint density at radius 2 is 2.38 bits per heavy atom. The molecule has 1 aliphatic rings. The second-order valence-corrected chi connectivity index (χ2v) is 7.49. The number of aryl methyl sites for hydroxylation is 3. The van der Waals surface area contributed by atoms with Crippen LogP contribution in [0.4, 0.5) is 4.79 Å². The summed E-state index contributed by atoms with van der Waals surface area (Å²) in [4.78, 5) is 18.6. The summed E-state index contributed by atoms with van der Waals surface area (Å²) in [5.41, 5.74) is 2.33. The average molecular weight is 347 g/mol. The summed E-state index contributed by atoms with van der Waals surface area (Å²) in [6.45, 7) is 4.41. The van der Waals surface area contributed by atoms with Crippen molar-refractivity contribution >= 4 is 17.4 Å². The first-order chi connectivity index (χ1) is 11.6. The van der Waals surface area contributed by atoms with Crippen molar-refractivity contribution in [1.29, 1.82) is 0 Å². The molecule has 1 aliphatic heterocycles. The molecule has 2 aromatic rings. The van der Waals surface area contributed by atoms with Crippen LogP contribution < -0.4 is 5.32 Å². The molecule has 3 heterocycles. The van der Waals surface area contributed by atoms with E-state index in [1.807, 2.05) is 29.7 Å². The fourth-order valence-electron chi connectivity index (χ4n) is 3.16. The molecule has 1 atom stereocenters. The van der Waals surface area contributed by atoms with Gasteiger partial charge in [0, 0.05) is 50.4 Å². The van der Waals surface area contributed by atoms with E-state index in [0.29, 0.717) is 12.5 Å². The quantitative estimate of drug-likeness (QED) is 0.816. The Morgan fingerprint density at radius 1 is 1.50 bits per heavy atom. The normalized spacial score (nSPS) is 17.4. The molecule has 0 bridgehead atoms. The first-order valence-corrected chi connectivity index (χ1v) is 9.39. The number of nitrogens with zero attached hydrogens (tertiary/aromatic N) is 4. The molecule has 6 nitrogen and oxygen atoms in total. The lowest BCUT2D eigenvalue weighted by molar-refractivity contribution is 0.207. The van der Waals surface area contributed by atoms with Crippen molar-refractivity contribution in [3.8, 4) is 0 Å². The van der Waals surface area contributed by atoms with Gasteiger partial charge < -0.3 is 10.2 Å². The highest BCUT2D eigenvalue weighted by Crippen LogP contribution is 2.20. The van der Waals surface area contributed by atoms with Gasteiger partial charge in [-0.3, -0.25) is 4.68 Å². The zero-order chi connectivity index (χ0) is 16.9. The molecule has 2 amide bonds. The van der Waals surface area contributed by atoms with Crippen LogP contribution in [0.1, 0.15) is 29.1 Å². The number of carbonyl (C=O) groups excluding carboxylic acids is 1. The van der Waals surface area contributed by atoms with Crippen LogP contribution in [0.2, 0.25) is 0 Å². The van der Waals surface area contributed by atoms with Crippen LogP contribution in [-0.4, -0.2) is 45.3 Å². The largest absolute Gasteiger partial charge is 0.338 e. The van der Waals surface area contributed by atoms with E-state index < -0.39 is 0 Å². The number of urea groups is 1. The molecule has 0 saturated carbocycles. The third kappa shape index (κ3) is 4.56. The van der Waals surface area contributed by atoms with Gasteiger partial charge >= 0.3 is 6.03 Å². The maximum Gasteiger partial charge on any atom is 0.317 e. The van der Waals surface area contributed by atoms with Gasteiger partial charge in [-0.05, 0) is 37.7 Å². The molecule has 7 heteroatoms. The van der Waals surface area contributed by atoms with Crippen LogP contribution in [0.5, 0.6) is 0 Å². The van der Waals surface area contributed by atoms with Crippen LogP contribution in [0.3, 0.4) is 0 Å². The van der Waals surface area contributed by atoms with Gasteiger partial charge in [0.25, 0.3) is 0 Å². The van der Waals surface area contributed by atoms with Crippen molar-refractivity contribution in [2.75, 3.05) is 19.6 Å². The molecule has 3 rings (SSSR count). The van der Waals surface area contributed by atoms with Crippen molar-refractivity contribution < 1.29 is 4.79 Å². The molecule has 0 spiro atoms. The Kier molecular flexibility index (Phi) is 5.50. The summed E-state index contributed by atoms with van der Waals surface area (Å²) in [5, 5.41) is 10.5. The highest BCUT2D eigenvalue weighted by atomic mass is 32.1. The standard InChI is InChI=1S/C17H25N5OS/c1-13-12-24-16(20-13)4-3-6-18-17(23)22-7-5-14(11-22)8-15-9-19-21(2)10-15/h9-10,12,14H,3-8,11H2,1-2H3,(H,18,23). The fourth-order valence-corrected chi connectivity index (χ4v) is 3.98. The van der Waals surface area contributed by atoms with Crippen molar-refractivity contribution in [3.05, 3.63) is 34.0 Å². The molecular formula is C17H25N5OS. The fraction of sp³-hybridized carbons (Fsp3) is 0.588. The number of nitrogens with one attached hydrogen (secondary N) is 1. The van der Waals surface area contributed by atoms with Crippen LogP contribution in [0.15, 0.2) is 17.8 Å². The molecular weight excluding hydrogens is 322 g/mol. The number of thiazole rings is 1. The summed E-state index contributed by atoms with van der Waals surface area (Å²) in [6, 6.07) is 0.0685. The monoisotopic (exact) mass is 347 g/mol. The van der Waals surface area contributed by atoms with Crippen molar-refractivity contribution in [2.24, 2.45) is 13.0 Å². The maximum absolute atomic E-state index is 12.2. The Morgan fingerprint density at radius 3 is 3.08 bits per heavy atom. The molecule has 24 heavy (non-hydrogen) atoms. The molecule has 130 valence electrons. The first-order valence-electron chi connectivity index (χ1n) is 8.51. The van der Waals surface area contributed by atoms with E-state index in [-0.39, 0.29) is 6.03 Å². The van der Waals surface area contributed by atoms with E-state index in [0.717, 1.165) is 49.5 Å². The van der Waals surface area contributed by atoms with Crippen LogP contribution in [0.25, 0.3) is 0 Å². The second-order valence-electron chi connectivity index (χ2n) is 6.55. The SMILES string of the molecule is Cc1csc(CCCNC(=O)N2CCC(Cc3cnn(C)c3)C2)n1. The minimum absolute atomic E-state index is 0.0685. The van der Waals surface area contributed by atoms with E-state index in [2.05, 4.69) is 27.0 Å². The van der Waals surface area contributed by atoms with Gasteiger partial charge in [0.05, 0.1) is 11.2 Å². The van der Waals surface area contributed by atoms with Crippen LogP contribution in [0, 0.1) is 12.8 Å². The third-order valence-electron chi connectivity index (χ3n) is 4.37. The Bertz CT molecular complexity index is 680. The van der Waals surface area contributed by atoms with Gasteiger partial charge in [-0.2, -0.15) is 5.10 Å². The van der Waals surface area contributed by atoms with Gasteiger partial charge in [0.15, 0.2) is 0 Å². The molecule has 0 aliphatic carbocycles. The highest BCUT2D eigenvalue weighted by Gasteiger charge is 2.26. The number of carbonyl (C=O) groups is 1. The van der Waals surface area contributed by atoms with Gasteiger partial charge in [-0.25, -0.2) is 9.78 Å². The van der Waals surface area contributed by atoms with Crippen LogP contribution >= 0.6 is 11.3 Å². The van der Waals surface area contributed by atoms with Crippen molar-refractivity contribution in [3.63, 3.8) is 0 Å². The lowest BCUT2D eigenvalue weighted by Crippen LogP contribution is -2.39. The zero-order valence-electron chi connectivity index (χ0n) is 14.4. The number of aromatic nitrogens is 3. The maximum atomic E-state index is 12.2. The van der Waals surface area contributed by atoms with Gasteiger partial charge in [0.2, 0.25) is 0 Å². The minimum Gasteiger partial charge on any atom is -0.338 e.